The van der Waals surface area contributed by atoms with Crippen molar-refractivity contribution in [2.75, 3.05) is 13.2 Å². The molecule has 1 aromatic carbocycles. The lowest BCUT2D eigenvalue weighted by atomic mass is 10.2. The summed E-state index contributed by atoms with van der Waals surface area (Å²) < 4.78 is 5.63. The lowest BCUT2D eigenvalue weighted by Gasteiger charge is -2.21. The summed E-state index contributed by atoms with van der Waals surface area (Å²) in [4.78, 5) is 24.6. The van der Waals surface area contributed by atoms with Crippen LogP contribution in [0.5, 0.6) is 5.75 Å². The van der Waals surface area contributed by atoms with E-state index in [0.29, 0.717) is 32.4 Å². The number of carboxylic acid groups (broad SMARTS) is 1. The first kappa shape index (κ1) is 16.3. The molecular weight excluding hydrogens is 282 g/mol. The number of nitrogens with zero attached hydrogens (tertiary/aromatic N) is 1. The van der Waals surface area contributed by atoms with Crippen LogP contribution in [0.25, 0.3) is 0 Å². The van der Waals surface area contributed by atoms with Gasteiger partial charge in [0.1, 0.15) is 11.8 Å². The fourth-order valence-electron chi connectivity index (χ4n) is 2.74. The number of carbonyl (C=O) groups is 2. The second kappa shape index (κ2) is 7.82. The van der Waals surface area contributed by atoms with Gasteiger partial charge < -0.3 is 14.7 Å². The molecule has 5 heteroatoms. The van der Waals surface area contributed by atoms with Crippen molar-refractivity contribution in [3.63, 3.8) is 0 Å². The van der Waals surface area contributed by atoms with E-state index >= 15 is 0 Å². The topological polar surface area (TPSA) is 66.8 Å². The lowest BCUT2D eigenvalue weighted by molar-refractivity contribution is -0.148. The Bertz CT molecular complexity index is 529. The van der Waals surface area contributed by atoms with Crippen molar-refractivity contribution in [3.8, 4) is 5.75 Å². The monoisotopic (exact) mass is 305 g/mol. The van der Waals surface area contributed by atoms with Gasteiger partial charge in [-0.15, -0.1) is 0 Å². The molecule has 0 aromatic heterocycles. The molecule has 120 valence electrons. The van der Waals surface area contributed by atoms with Crippen molar-refractivity contribution in [2.45, 2.75) is 45.1 Å². The number of rotatable bonds is 7. The lowest BCUT2D eigenvalue weighted by Crippen LogP contribution is -2.40. The van der Waals surface area contributed by atoms with Crippen LogP contribution in [-0.4, -0.2) is 41.1 Å². The summed E-state index contributed by atoms with van der Waals surface area (Å²) >= 11 is 0. The van der Waals surface area contributed by atoms with Gasteiger partial charge in [-0.05, 0) is 50.3 Å². The number of unbranched alkanes of at least 4 members (excludes halogenated alkanes) is 1. The van der Waals surface area contributed by atoms with Crippen molar-refractivity contribution in [3.05, 3.63) is 29.8 Å². The molecule has 1 amide bonds. The molecule has 0 bridgehead atoms. The van der Waals surface area contributed by atoms with E-state index in [2.05, 4.69) is 0 Å². The summed E-state index contributed by atoms with van der Waals surface area (Å²) in [7, 11) is 0. The standard InChI is InChI=1S/C17H23NO4/c1-13-6-4-7-14(12-13)22-11-3-2-9-16(19)18-10-5-8-15(18)17(20)21/h4,6-7,12,15H,2-3,5,8-11H2,1H3,(H,20,21). The largest absolute Gasteiger partial charge is 0.494 e. The number of carboxylic acids is 1. The van der Waals surface area contributed by atoms with Crippen LogP contribution >= 0.6 is 0 Å². The third-order valence-corrected chi connectivity index (χ3v) is 3.90. The smallest absolute Gasteiger partial charge is 0.326 e. The number of aryl methyl sites for hydroxylation is 1. The molecule has 0 spiro atoms. The Kier molecular flexibility index (Phi) is 5.81. The maximum atomic E-state index is 12.1. The highest BCUT2D eigenvalue weighted by atomic mass is 16.5. The van der Waals surface area contributed by atoms with Crippen molar-refractivity contribution >= 4 is 11.9 Å². The molecule has 1 saturated heterocycles. The van der Waals surface area contributed by atoms with Crippen LogP contribution < -0.4 is 4.74 Å². The van der Waals surface area contributed by atoms with Crippen LogP contribution in [0, 0.1) is 6.92 Å². The average Bonchev–Trinajstić information content (AvgIpc) is 2.96. The molecule has 1 aliphatic heterocycles. The van der Waals surface area contributed by atoms with Crippen LogP contribution in [0.15, 0.2) is 24.3 Å². The number of amides is 1. The van der Waals surface area contributed by atoms with E-state index in [1.54, 1.807) is 0 Å². The normalized spacial score (nSPS) is 17.5. The first-order valence-corrected chi connectivity index (χ1v) is 7.79. The minimum Gasteiger partial charge on any atom is -0.494 e. The molecule has 1 aliphatic rings. The molecular formula is C17H23NO4. The molecule has 2 rings (SSSR count). The highest BCUT2D eigenvalue weighted by Crippen LogP contribution is 2.19. The van der Waals surface area contributed by atoms with Gasteiger partial charge in [0.25, 0.3) is 0 Å². The van der Waals surface area contributed by atoms with Crippen LogP contribution in [0.3, 0.4) is 0 Å². The Morgan fingerprint density at radius 3 is 2.91 bits per heavy atom. The highest BCUT2D eigenvalue weighted by molar-refractivity contribution is 5.84. The Hall–Kier alpha value is -2.04. The van der Waals surface area contributed by atoms with Crippen LogP contribution in [0.4, 0.5) is 0 Å². The third-order valence-electron chi connectivity index (χ3n) is 3.90. The Labute approximate surface area is 130 Å². The zero-order valence-corrected chi connectivity index (χ0v) is 13.0. The summed E-state index contributed by atoms with van der Waals surface area (Å²) in [6, 6.07) is 7.23. The first-order valence-electron chi connectivity index (χ1n) is 7.79. The predicted molar refractivity (Wildman–Crippen MR) is 82.9 cm³/mol. The van der Waals surface area contributed by atoms with E-state index in [4.69, 9.17) is 9.84 Å². The maximum Gasteiger partial charge on any atom is 0.326 e. The van der Waals surface area contributed by atoms with Gasteiger partial charge in [0.05, 0.1) is 6.61 Å². The number of carbonyl (C=O) groups excluding carboxylic acids is 1. The van der Waals surface area contributed by atoms with Gasteiger partial charge in [0.15, 0.2) is 0 Å². The van der Waals surface area contributed by atoms with Gasteiger partial charge in [-0.25, -0.2) is 4.79 Å². The first-order chi connectivity index (χ1) is 10.6. The molecule has 22 heavy (non-hydrogen) atoms. The molecule has 1 heterocycles. The van der Waals surface area contributed by atoms with Gasteiger partial charge >= 0.3 is 5.97 Å². The maximum absolute atomic E-state index is 12.1. The second-order valence-corrected chi connectivity index (χ2v) is 5.71. The number of aliphatic carboxylic acids is 1. The highest BCUT2D eigenvalue weighted by Gasteiger charge is 2.33. The van der Waals surface area contributed by atoms with E-state index in [1.165, 1.54) is 4.90 Å². The molecule has 0 radical (unpaired) electrons. The summed E-state index contributed by atoms with van der Waals surface area (Å²) in [5.41, 5.74) is 1.15. The predicted octanol–water partition coefficient (Wildman–Crippen LogP) is 2.62. The van der Waals surface area contributed by atoms with Crippen molar-refractivity contribution in [1.29, 1.82) is 0 Å². The molecule has 1 aromatic rings. The molecule has 0 aliphatic carbocycles. The number of ether oxygens (including phenoxy) is 1. The molecule has 1 unspecified atom stereocenters. The van der Waals surface area contributed by atoms with E-state index < -0.39 is 12.0 Å². The van der Waals surface area contributed by atoms with Crippen molar-refractivity contribution < 1.29 is 19.4 Å². The molecule has 1 atom stereocenters. The van der Waals surface area contributed by atoms with Gasteiger partial charge in [-0.1, -0.05) is 12.1 Å². The number of hydrogen-bond acceptors (Lipinski definition) is 3. The fraction of sp³-hybridized carbons (Fsp3) is 0.529. The van der Waals surface area contributed by atoms with E-state index in [1.807, 2.05) is 31.2 Å². The van der Waals surface area contributed by atoms with E-state index in [-0.39, 0.29) is 5.91 Å². The summed E-state index contributed by atoms with van der Waals surface area (Å²) in [5, 5.41) is 9.08. The Morgan fingerprint density at radius 1 is 1.36 bits per heavy atom. The van der Waals surface area contributed by atoms with Crippen molar-refractivity contribution in [2.24, 2.45) is 0 Å². The van der Waals surface area contributed by atoms with E-state index in [9.17, 15) is 9.59 Å². The van der Waals surface area contributed by atoms with Crippen LogP contribution in [0.1, 0.15) is 37.7 Å². The van der Waals surface area contributed by atoms with Crippen LogP contribution in [0.2, 0.25) is 0 Å². The summed E-state index contributed by atoms with van der Waals surface area (Å²) in [6.07, 6.45) is 3.23. The molecule has 0 saturated carbocycles. The fourth-order valence-corrected chi connectivity index (χ4v) is 2.74. The van der Waals surface area contributed by atoms with Gasteiger partial charge in [0, 0.05) is 13.0 Å². The van der Waals surface area contributed by atoms with Gasteiger partial charge in [0.2, 0.25) is 5.91 Å². The minimum absolute atomic E-state index is 0.0551. The number of benzene rings is 1. The number of likely N-dealkylation sites (tertiary alicyclic amines) is 1. The molecule has 1 N–H and O–H groups in total. The second-order valence-electron chi connectivity index (χ2n) is 5.71. The Morgan fingerprint density at radius 2 is 2.18 bits per heavy atom. The minimum atomic E-state index is -0.895. The third kappa shape index (κ3) is 4.48. The zero-order chi connectivity index (χ0) is 15.9. The quantitative estimate of drug-likeness (QED) is 0.786. The van der Waals surface area contributed by atoms with E-state index in [0.717, 1.165) is 24.2 Å². The summed E-state index contributed by atoms with van der Waals surface area (Å²) in [6.45, 7) is 3.15. The SMILES string of the molecule is Cc1cccc(OCCCCC(=O)N2CCCC2C(=O)O)c1. The number of hydrogen-bond donors (Lipinski definition) is 1. The average molecular weight is 305 g/mol. The zero-order valence-electron chi connectivity index (χ0n) is 13.0. The van der Waals surface area contributed by atoms with Crippen LogP contribution in [-0.2, 0) is 9.59 Å². The Balaban J connectivity index is 1.66. The summed E-state index contributed by atoms with van der Waals surface area (Å²) in [5.74, 6) is -0.106. The van der Waals surface area contributed by atoms with Gasteiger partial charge in [-0.2, -0.15) is 0 Å². The van der Waals surface area contributed by atoms with Gasteiger partial charge in [-0.3, -0.25) is 4.79 Å². The molecule has 5 nitrogen and oxygen atoms in total. The molecule has 1 fully saturated rings. The van der Waals surface area contributed by atoms with Crippen molar-refractivity contribution in [1.82, 2.24) is 4.90 Å².